The van der Waals surface area contributed by atoms with E-state index in [1.807, 2.05) is 0 Å². The molecule has 2 N–H and O–H groups in total. The lowest BCUT2D eigenvalue weighted by atomic mass is 9.86. The summed E-state index contributed by atoms with van der Waals surface area (Å²) < 4.78 is 10.7. The van der Waals surface area contributed by atoms with Crippen LogP contribution in [0.5, 0.6) is 0 Å². The number of nitrogens with two attached hydrogens (primary N) is 1. The highest BCUT2D eigenvalue weighted by Crippen LogP contribution is 2.24. The predicted octanol–water partition coefficient (Wildman–Crippen LogP) is 1.02. The van der Waals surface area contributed by atoms with Crippen LogP contribution in [0.15, 0.2) is 0 Å². The van der Waals surface area contributed by atoms with Crippen molar-refractivity contribution in [2.24, 2.45) is 17.6 Å². The topological polar surface area (TPSA) is 44.5 Å². The van der Waals surface area contributed by atoms with E-state index in [-0.39, 0.29) is 0 Å². The lowest BCUT2D eigenvalue weighted by Gasteiger charge is -2.29. The minimum atomic E-state index is 0.593. The average molecular weight is 187 g/mol. The van der Waals surface area contributed by atoms with E-state index < -0.39 is 0 Å². The smallest absolute Gasteiger partial charge is 0.0497 e. The molecule has 1 heterocycles. The Hall–Kier alpha value is -0.120. The Morgan fingerprint density at radius 2 is 2.46 bits per heavy atom. The van der Waals surface area contributed by atoms with Gasteiger partial charge in [-0.3, -0.25) is 0 Å². The fourth-order valence-electron chi connectivity index (χ4n) is 2.02. The van der Waals surface area contributed by atoms with Crippen LogP contribution in [0.2, 0.25) is 0 Å². The molecule has 1 saturated heterocycles. The monoisotopic (exact) mass is 187 g/mol. The molecule has 1 aliphatic heterocycles. The molecule has 0 bridgehead atoms. The fraction of sp³-hybridized carbons (Fsp3) is 1.00. The van der Waals surface area contributed by atoms with Crippen LogP contribution in [0.4, 0.5) is 0 Å². The first-order chi connectivity index (χ1) is 6.38. The van der Waals surface area contributed by atoms with Crippen molar-refractivity contribution in [1.29, 1.82) is 0 Å². The Bertz CT molecular complexity index is 118. The summed E-state index contributed by atoms with van der Waals surface area (Å²) in [6, 6.07) is 0. The number of methoxy groups -OCH3 is 1. The van der Waals surface area contributed by atoms with Crippen molar-refractivity contribution in [3.63, 3.8) is 0 Å². The first kappa shape index (κ1) is 11.0. The largest absolute Gasteiger partial charge is 0.384 e. The third kappa shape index (κ3) is 3.63. The molecular formula is C10H21NO2. The van der Waals surface area contributed by atoms with Gasteiger partial charge < -0.3 is 15.2 Å². The van der Waals surface area contributed by atoms with Gasteiger partial charge in [-0.15, -0.1) is 0 Å². The molecule has 1 fully saturated rings. The van der Waals surface area contributed by atoms with Gasteiger partial charge in [0.1, 0.15) is 0 Å². The molecule has 1 rings (SSSR count). The highest BCUT2D eigenvalue weighted by Gasteiger charge is 2.23. The van der Waals surface area contributed by atoms with Gasteiger partial charge in [0, 0.05) is 26.9 Å². The normalized spacial score (nSPS) is 25.8. The molecule has 78 valence electrons. The minimum absolute atomic E-state index is 0.593. The predicted molar refractivity (Wildman–Crippen MR) is 52.6 cm³/mol. The van der Waals surface area contributed by atoms with Gasteiger partial charge in [-0.05, 0) is 37.6 Å². The SMILES string of the molecule is COCC(CCN)C1CCCOC1. The maximum absolute atomic E-state index is 5.57. The molecule has 3 heteroatoms. The second-order valence-electron chi connectivity index (χ2n) is 3.77. The van der Waals surface area contributed by atoms with Crippen LogP contribution in [0.25, 0.3) is 0 Å². The summed E-state index contributed by atoms with van der Waals surface area (Å²) in [5, 5.41) is 0. The summed E-state index contributed by atoms with van der Waals surface area (Å²) in [7, 11) is 1.76. The van der Waals surface area contributed by atoms with E-state index in [0.717, 1.165) is 32.8 Å². The van der Waals surface area contributed by atoms with Crippen LogP contribution in [-0.2, 0) is 9.47 Å². The standard InChI is InChI=1S/C10H21NO2/c1-12-7-10(4-5-11)9-3-2-6-13-8-9/h9-10H,2-8,11H2,1H3. The second kappa shape index (κ2) is 6.35. The maximum atomic E-state index is 5.57. The zero-order valence-corrected chi connectivity index (χ0v) is 8.50. The molecule has 3 nitrogen and oxygen atoms in total. The van der Waals surface area contributed by atoms with Gasteiger partial charge in [-0.25, -0.2) is 0 Å². The molecule has 2 atom stereocenters. The second-order valence-corrected chi connectivity index (χ2v) is 3.77. The van der Waals surface area contributed by atoms with E-state index in [1.54, 1.807) is 7.11 Å². The quantitative estimate of drug-likeness (QED) is 0.699. The summed E-state index contributed by atoms with van der Waals surface area (Å²) in [6.45, 7) is 3.41. The zero-order valence-electron chi connectivity index (χ0n) is 8.50. The summed E-state index contributed by atoms with van der Waals surface area (Å²) in [5.41, 5.74) is 5.57. The molecule has 2 unspecified atom stereocenters. The van der Waals surface area contributed by atoms with Crippen LogP contribution >= 0.6 is 0 Å². The number of ether oxygens (including phenoxy) is 2. The molecule has 0 aromatic carbocycles. The average Bonchev–Trinajstić information content (AvgIpc) is 2.19. The van der Waals surface area contributed by atoms with Crippen molar-refractivity contribution in [2.45, 2.75) is 19.3 Å². The van der Waals surface area contributed by atoms with Gasteiger partial charge >= 0.3 is 0 Å². The van der Waals surface area contributed by atoms with E-state index >= 15 is 0 Å². The van der Waals surface area contributed by atoms with E-state index in [2.05, 4.69) is 0 Å². The molecule has 0 spiro atoms. The maximum Gasteiger partial charge on any atom is 0.0497 e. The Morgan fingerprint density at radius 3 is 3.00 bits per heavy atom. The van der Waals surface area contributed by atoms with Crippen LogP contribution in [0.1, 0.15) is 19.3 Å². The molecule has 0 radical (unpaired) electrons. The van der Waals surface area contributed by atoms with Crippen LogP contribution in [0.3, 0.4) is 0 Å². The first-order valence-corrected chi connectivity index (χ1v) is 5.15. The molecule has 13 heavy (non-hydrogen) atoms. The van der Waals surface area contributed by atoms with Crippen LogP contribution in [0, 0.1) is 11.8 Å². The van der Waals surface area contributed by atoms with Gasteiger partial charge in [0.15, 0.2) is 0 Å². The van der Waals surface area contributed by atoms with Gasteiger partial charge in [0.25, 0.3) is 0 Å². The van der Waals surface area contributed by atoms with E-state index in [4.69, 9.17) is 15.2 Å². The van der Waals surface area contributed by atoms with E-state index in [9.17, 15) is 0 Å². The van der Waals surface area contributed by atoms with Gasteiger partial charge in [-0.1, -0.05) is 0 Å². The van der Waals surface area contributed by atoms with E-state index in [1.165, 1.54) is 12.8 Å². The summed E-state index contributed by atoms with van der Waals surface area (Å²) in [6.07, 6.45) is 3.52. The molecule has 0 amide bonds. The fourth-order valence-corrected chi connectivity index (χ4v) is 2.02. The van der Waals surface area contributed by atoms with Gasteiger partial charge in [-0.2, -0.15) is 0 Å². The third-order valence-corrected chi connectivity index (χ3v) is 2.78. The Kier molecular flexibility index (Phi) is 5.35. The molecule has 0 saturated carbocycles. The Balaban J connectivity index is 2.32. The number of hydrogen-bond donors (Lipinski definition) is 1. The summed E-state index contributed by atoms with van der Waals surface area (Å²) in [4.78, 5) is 0. The third-order valence-electron chi connectivity index (χ3n) is 2.78. The van der Waals surface area contributed by atoms with Crippen molar-refractivity contribution >= 4 is 0 Å². The lowest BCUT2D eigenvalue weighted by molar-refractivity contribution is 0.00759. The van der Waals surface area contributed by atoms with Crippen LogP contribution in [-0.4, -0.2) is 33.5 Å². The highest BCUT2D eigenvalue weighted by atomic mass is 16.5. The number of rotatable bonds is 5. The molecule has 0 aromatic rings. The van der Waals surface area contributed by atoms with Crippen molar-refractivity contribution in [2.75, 3.05) is 33.5 Å². The number of hydrogen-bond acceptors (Lipinski definition) is 3. The summed E-state index contributed by atoms with van der Waals surface area (Å²) >= 11 is 0. The molecule has 0 aliphatic carbocycles. The molecular weight excluding hydrogens is 166 g/mol. The van der Waals surface area contributed by atoms with Crippen molar-refractivity contribution < 1.29 is 9.47 Å². The van der Waals surface area contributed by atoms with Gasteiger partial charge in [0.2, 0.25) is 0 Å². The van der Waals surface area contributed by atoms with Crippen molar-refractivity contribution in [1.82, 2.24) is 0 Å². The highest BCUT2D eigenvalue weighted by molar-refractivity contribution is 4.72. The van der Waals surface area contributed by atoms with E-state index in [0.29, 0.717) is 11.8 Å². The first-order valence-electron chi connectivity index (χ1n) is 5.15. The van der Waals surface area contributed by atoms with Crippen LogP contribution < -0.4 is 5.73 Å². The summed E-state index contributed by atoms with van der Waals surface area (Å²) in [5.74, 6) is 1.26. The Labute approximate surface area is 80.6 Å². The van der Waals surface area contributed by atoms with Crippen molar-refractivity contribution in [3.8, 4) is 0 Å². The molecule has 0 aromatic heterocycles. The van der Waals surface area contributed by atoms with Crippen molar-refractivity contribution in [3.05, 3.63) is 0 Å². The van der Waals surface area contributed by atoms with Gasteiger partial charge in [0.05, 0.1) is 0 Å². The minimum Gasteiger partial charge on any atom is -0.384 e. The zero-order chi connectivity index (χ0) is 9.52. The lowest BCUT2D eigenvalue weighted by Crippen LogP contribution is -2.29. The Morgan fingerprint density at radius 1 is 1.62 bits per heavy atom. The molecule has 1 aliphatic rings.